The van der Waals surface area contributed by atoms with Gasteiger partial charge >= 0.3 is 0 Å². The van der Waals surface area contributed by atoms with Crippen LogP contribution in [0.3, 0.4) is 0 Å². The fourth-order valence-electron chi connectivity index (χ4n) is 4.62. The van der Waals surface area contributed by atoms with Gasteiger partial charge in [0.05, 0.1) is 28.5 Å². The number of halogens is 3. The fourth-order valence-corrected chi connectivity index (χ4v) is 5.22. The van der Waals surface area contributed by atoms with Crippen molar-refractivity contribution in [2.75, 3.05) is 0 Å². The second-order valence-corrected chi connectivity index (χ2v) is 10.9. The van der Waals surface area contributed by atoms with Crippen molar-refractivity contribution in [3.63, 3.8) is 0 Å². The van der Waals surface area contributed by atoms with Gasteiger partial charge in [0.2, 0.25) is 0 Å². The highest BCUT2D eigenvalue weighted by molar-refractivity contribution is 9.10. The minimum absolute atomic E-state index is 0.267. The monoisotopic (exact) mass is 606 g/mol. The standard InChI is InChI=1S/C28H21BrCl2N6O/c29-20-9-5-18(6-10-20)26-22(15-36-17-32-16-33-36)25(35-37(26)24-4-2-1-3-23(24)31)27(38)34-28(13-14-28)19-7-11-21(30)12-8-19/h1-12,16-17H,13-15H2,(H,34,38). The molecule has 1 fully saturated rings. The fraction of sp³-hybridized carbons (Fsp3) is 0.143. The lowest BCUT2D eigenvalue weighted by atomic mass is 10.0. The van der Waals surface area contributed by atoms with Crippen molar-refractivity contribution in [1.82, 2.24) is 29.9 Å². The molecule has 3 aromatic carbocycles. The van der Waals surface area contributed by atoms with E-state index in [4.69, 9.17) is 28.3 Å². The molecule has 0 radical (unpaired) electrons. The molecule has 5 aromatic rings. The quantitative estimate of drug-likeness (QED) is 0.224. The van der Waals surface area contributed by atoms with Gasteiger partial charge in [0.1, 0.15) is 12.7 Å². The average molecular weight is 608 g/mol. The van der Waals surface area contributed by atoms with Gasteiger partial charge in [-0.15, -0.1) is 0 Å². The average Bonchev–Trinajstić information content (AvgIpc) is 3.33. The van der Waals surface area contributed by atoms with E-state index in [-0.39, 0.29) is 5.91 Å². The van der Waals surface area contributed by atoms with Crippen LogP contribution in [-0.2, 0) is 12.1 Å². The first kappa shape index (κ1) is 24.9. The van der Waals surface area contributed by atoms with Gasteiger partial charge in [-0.1, -0.05) is 75.5 Å². The van der Waals surface area contributed by atoms with Crippen molar-refractivity contribution in [2.24, 2.45) is 0 Å². The van der Waals surface area contributed by atoms with Gasteiger partial charge in [-0.05, 0) is 54.8 Å². The zero-order valence-corrected chi connectivity index (χ0v) is 23.1. The van der Waals surface area contributed by atoms with Crippen LogP contribution in [-0.4, -0.2) is 30.5 Å². The number of hydrogen-bond donors (Lipinski definition) is 1. The van der Waals surface area contributed by atoms with Gasteiger partial charge in [0.25, 0.3) is 5.91 Å². The summed E-state index contributed by atoms with van der Waals surface area (Å²) in [5.41, 5.74) is 3.89. The smallest absolute Gasteiger partial charge is 0.272 e. The molecule has 10 heteroatoms. The predicted octanol–water partition coefficient (Wildman–Crippen LogP) is 6.67. The predicted molar refractivity (Wildman–Crippen MR) is 151 cm³/mol. The van der Waals surface area contributed by atoms with Crippen molar-refractivity contribution >= 4 is 45.0 Å². The third-order valence-corrected chi connectivity index (χ3v) is 7.78. The summed E-state index contributed by atoms with van der Waals surface area (Å²) < 4.78 is 4.37. The zero-order valence-electron chi connectivity index (χ0n) is 20.0. The van der Waals surface area contributed by atoms with Crippen LogP contribution < -0.4 is 5.32 Å². The first-order valence-corrected chi connectivity index (χ1v) is 13.5. The molecule has 0 spiro atoms. The number of carbonyl (C=O) groups is 1. The summed E-state index contributed by atoms with van der Waals surface area (Å²) in [5, 5.41) is 13.6. The number of aromatic nitrogens is 5. The van der Waals surface area contributed by atoms with E-state index >= 15 is 0 Å². The highest BCUT2D eigenvalue weighted by Gasteiger charge is 2.46. The highest BCUT2D eigenvalue weighted by atomic mass is 79.9. The number of amides is 1. The van der Waals surface area contributed by atoms with Gasteiger partial charge in [-0.25, -0.2) is 14.3 Å². The summed E-state index contributed by atoms with van der Waals surface area (Å²) in [7, 11) is 0. The normalized spacial score (nSPS) is 13.9. The zero-order chi connectivity index (χ0) is 26.3. The summed E-state index contributed by atoms with van der Waals surface area (Å²) >= 11 is 16.3. The largest absolute Gasteiger partial charge is 0.341 e. The first-order valence-electron chi connectivity index (χ1n) is 12.0. The Labute approximate surface area is 237 Å². The van der Waals surface area contributed by atoms with Gasteiger partial charge in [-0.3, -0.25) is 4.79 Å². The van der Waals surface area contributed by atoms with Crippen LogP contribution in [0, 0.1) is 0 Å². The van der Waals surface area contributed by atoms with E-state index in [0.717, 1.165) is 34.1 Å². The molecule has 0 saturated heterocycles. The van der Waals surface area contributed by atoms with E-state index in [2.05, 4.69) is 31.3 Å². The minimum Gasteiger partial charge on any atom is -0.341 e. The van der Waals surface area contributed by atoms with E-state index in [1.165, 1.54) is 6.33 Å². The molecule has 1 aliphatic carbocycles. The molecule has 1 saturated carbocycles. The molecule has 190 valence electrons. The van der Waals surface area contributed by atoms with Crippen LogP contribution in [0.5, 0.6) is 0 Å². The molecule has 1 aliphatic rings. The Morgan fingerprint density at radius 3 is 2.39 bits per heavy atom. The summed E-state index contributed by atoms with van der Waals surface area (Å²) in [6, 6.07) is 22.9. The van der Waals surface area contributed by atoms with Crippen molar-refractivity contribution in [3.8, 4) is 16.9 Å². The first-order chi connectivity index (χ1) is 18.4. The van der Waals surface area contributed by atoms with Crippen LogP contribution in [0.2, 0.25) is 10.0 Å². The molecule has 0 bridgehead atoms. The number of para-hydroxylation sites is 1. The molecule has 0 aliphatic heterocycles. The van der Waals surface area contributed by atoms with E-state index in [1.807, 2.05) is 66.7 Å². The van der Waals surface area contributed by atoms with Crippen molar-refractivity contribution in [1.29, 1.82) is 0 Å². The number of hydrogen-bond acceptors (Lipinski definition) is 4. The van der Waals surface area contributed by atoms with Gasteiger partial charge in [0.15, 0.2) is 5.69 Å². The number of benzene rings is 3. The molecule has 0 unspecified atom stereocenters. The van der Waals surface area contributed by atoms with Crippen LogP contribution in [0.1, 0.15) is 34.5 Å². The van der Waals surface area contributed by atoms with Crippen molar-refractivity contribution in [2.45, 2.75) is 24.9 Å². The number of nitrogens with zero attached hydrogens (tertiary/aromatic N) is 5. The SMILES string of the molecule is O=C(NC1(c2ccc(Cl)cc2)CC1)c1nn(-c2ccccc2Cl)c(-c2ccc(Br)cc2)c1Cn1cncn1. The van der Waals surface area contributed by atoms with Crippen LogP contribution >= 0.6 is 39.1 Å². The minimum atomic E-state index is -0.446. The van der Waals surface area contributed by atoms with E-state index in [0.29, 0.717) is 33.5 Å². The van der Waals surface area contributed by atoms with E-state index < -0.39 is 5.54 Å². The molecule has 7 nitrogen and oxygen atoms in total. The third-order valence-electron chi connectivity index (χ3n) is 6.68. The number of carbonyl (C=O) groups excluding carboxylic acids is 1. The lowest BCUT2D eigenvalue weighted by Crippen LogP contribution is -2.35. The third kappa shape index (κ3) is 4.75. The van der Waals surface area contributed by atoms with Crippen molar-refractivity contribution < 1.29 is 4.79 Å². The Hall–Kier alpha value is -3.46. The lowest BCUT2D eigenvalue weighted by molar-refractivity contribution is 0.0924. The van der Waals surface area contributed by atoms with Gasteiger partial charge in [0, 0.05) is 20.6 Å². The molecule has 0 atom stereocenters. The maximum Gasteiger partial charge on any atom is 0.272 e. The maximum absolute atomic E-state index is 14.0. The van der Waals surface area contributed by atoms with Crippen LogP contribution in [0.15, 0.2) is 89.9 Å². The summed E-state index contributed by atoms with van der Waals surface area (Å²) in [4.78, 5) is 18.0. The highest BCUT2D eigenvalue weighted by Crippen LogP contribution is 2.46. The number of nitrogens with one attached hydrogen (secondary N) is 1. The van der Waals surface area contributed by atoms with Crippen molar-refractivity contribution in [3.05, 3.63) is 117 Å². The summed E-state index contributed by atoms with van der Waals surface area (Å²) in [6.07, 6.45) is 4.76. The second kappa shape index (κ2) is 10.0. The van der Waals surface area contributed by atoms with Crippen LogP contribution in [0.4, 0.5) is 0 Å². The molecule has 1 N–H and O–H groups in total. The molecule has 2 aromatic heterocycles. The lowest BCUT2D eigenvalue weighted by Gasteiger charge is -2.18. The van der Waals surface area contributed by atoms with Gasteiger partial charge < -0.3 is 5.32 Å². The second-order valence-electron chi connectivity index (χ2n) is 9.18. The summed E-state index contributed by atoms with van der Waals surface area (Å²) in [6.45, 7) is 0.298. The molecule has 38 heavy (non-hydrogen) atoms. The number of rotatable bonds is 7. The van der Waals surface area contributed by atoms with E-state index in [9.17, 15) is 4.79 Å². The Balaban J connectivity index is 1.51. The Bertz CT molecular complexity index is 1610. The van der Waals surface area contributed by atoms with Crippen LogP contribution in [0.25, 0.3) is 16.9 Å². The molecule has 2 heterocycles. The molecule has 1 amide bonds. The Kier molecular flexibility index (Phi) is 6.55. The van der Waals surface area contributed by atoms with E-state index in [1.54, 1.807) is 21.8 Å². The molecular weight excluding hydrogens is 587 g/mol. The Morgan fingerprint density at radius 1 is 1.00 bits per heavy atom. The topological polar surface area (TPSA) is 77.6 Å². The van der Waals surface area contributed by atoms with Gasteiger partial charge in [-0.2, -0.15) is 10.2 Å². The Morgan fingerprint density at radius 2 is 1.74 bits per heavy atom. The maximum atomic E-state index is 14.0. The molecule has 6 rings (SSSR count). The summed E-state index contributed by atoms with van der Waals surface area (Å²) in [5.74, 6) is -0.267. The molecular formula is C28H21BrCl2N6O.